The van der Waals surface area contributed by atoms with E-state index in [1.54, 1.807) is 0 Å². The van der Waals surface area contributed by atoms with Crippen LogP contribution in [0.3, 0.4) is 0 Å². The van der Waals surface area contributed by atoms with E-state index < -0.39 is 0 Å². The summed E-state index contributed by atoms with van der Waals surface area (Å²) in [7, 11) is 0. The van der Waals surface area contributed by atoms with Crippen molar-refractivity contribution in [2.45, 2.75) is 38.8 Å². The number of unbranched alkanes of at least 4 members (excludes halogenated alkanes) is 1. The van der Waals surface area contributed by atoms with Crippen LogP contribution >= 0.6 is 0 Å². The molecule has 7 heteroatoms. The number of aliphatic hydroxyl groups is 1. The van der Waals surface area contributed by atoms with Gasteiger partial charge in [-0.05, 0) is 37.4 Å². The average molecular weight is 384 g/mol. The molecule has 2 N–H and O–H groups in total. The van der Waals surface area contributed by atoms with Gasteiger partial charge in [-0.2, -0.15) is 0 Å². The quantitative estimate of drug-likeness (QED) is 0.715. The van der Waals surface area contributed by atoms with E-state index in [4.69, 9.17) is 4.74 Å². The molecule has 0 spiro atoms. The molecule has 0 saturated heterocycles. The minimum Gasteiger partial charge on any atom is -0.494 e. The third-order valence-corrected chi connectivity index (χ3v) is 5.51. The van der Waals surface area contributed by atoms with Crippen molar-refractivity contribution in [3.63, 3.8) is 0 Å². The van der Waals surface area contributed by atoms with Crippen LogP contribution in [0.5, 0.6) is 5.75 Å². The van der Waals surface area contributed by atoms with Crippen LogP contribution in [-0.4, -0.2) is 51.8 Å². The first kappa shape index (κ1) is 19.0. The van der Waals surface area contributed by atoms with Gasteiger partial charge in [-0.3, -0.25) is 9.69 Å². The molecule has 1 unspecified atom stereocenters. The number of aliphatic hydroxyl groups excluding tert-OH is 1. The van der Waals surface area contributed by atoms with Crippen LogP contribution in [0.2, 0.25) is 0 Å². The van der Waals surface area contributed by atoms with Crippen molar-refractivity contribution in [1.29, 1.82) is 0 Å². The minimum absolute atomic E-state index is 0.0731. The number of aromatic nitrogens is 2. The normalized spacial score (nSPS) is 19.5. The number of anilines is 1. The molecule has 7 nitrogen and oxygen atoms in total. The van der Waals surface area contributed by atoms with Gasteiger partial charge < -0.3 is 19.7 Å². The van der Waals surface area contributed by atoms with Gasteiger partial charge in [0.25, 0.3) is 0 Å². The van der Waals surface area contributed by atoms with Gasteiger partial charge in [0.2, 0.25) is 5.91 Å². The number of fused-ring (bicyclic) bond motifs is 2. The molecule has 1 aromatic carbocycles. The Balaban J connectivity index is 1.23. The highest BCUT2D eigenvalue weighted by Crippen LogP contribution is 2.27. The standard InChI is InChI=1S/C21H28N4O3/c26-15-16-12-24(14-20-22-7-9-25(20)13-16)8-1-2-10-28-18-5-3-17-4-6-21(27)23-19(17)11-18/h3,5,7,9,11,16,26H,1-2,4,6,8,10,12-15H2,(H,23,27). The number of aryl methyl sites for hydroxylation is 1. The lowest BCUT2D eigenvalue weighted by Crippen LogP contribution is -2.30. The van der Waals surface area contributed by atoms with Crippen molar-refractivity contribution in [3.05, 3.63) is 42.0 Å². The van der Waals surface area contributed by atoms with Crippen molar-refractivity contribution < 1.29 is 14.6 Å². The fourth-order valence-electron chi connectivity index (χ4n) is 3.98. The zero-order valence-corrected chi connectivity index (χ0v) is 16.1. The van der Waals surface area contributed by atoms with Crippen LogP contribution in [0, 0.1) is 5.92 Å². The topological polar surface area (TPSA) is 79.6 Å². The average Bonchev–Trinajstić information content (AvgIpc) is 3.05. The maximum atomic E-state index is 11.5. The minimum atomic E-state index is 0.0731. The number of hydrogen-bond acceptors (Lipinski definition) is 5. The Hall–Kier alpha value is -2.38. The summed E-state index contributed by atoms with van der Waals surface area (Å²) in [5.41, 5.74) is 2.05. The maximum absolute atomic E-state index is 11.5. The molecule has 0 fully saturated rings. The fraction of sp³-hybridized carbons (Fsp3) is 0.524. The zero-order valence-electron chi connectivity index (χ0n) is 16.1. The van der Waals surface area contributed by atoms with Crippen molar-refractivity contribution in [2.75, 3.05) is 31.6 Å². The summed E-state index contributed by atoms with van der Waals surface area (Å²) in [6.45, 7) is 4.37. The summed E-state index contributed by atoms with van der Waals surface area (Å²) in [6, 6.07) is 5.95. The van der Waals surface area contributed by atoms with Crippen LogP contribution in [0.1, 0.15) is 30.7 Å². The van der Waals surface area contributed by atoms with E-state index in [1.807, 2.05) is 30.6 Å². The van der Waals surface area contributed by atoms with E-state index in [9.17, 15) is 9.90 Å². The first-order valence-electron chi connectivity index (χ1n) is 10.1. The Labute approximate surface area is 165 Å². The second-order valence-corrected chi connectivity index (χ2v) is 7.70. The third-order valence-electron chi connectivity index (χ3n) is 5.51. The van der Waals surface area contributed by atoms with E-state index in [1.165, 1.54) is 5.56 Å². The molecule has 2 aliphatic rings. The number of amides is 1. The van der Waals surface area contributed by atoms with Crippen LogP contribution < -0.4 is 10.1 Å². The molecule has 2 aromatic rings. The molecule has 28 heavy (non-hydrogen) atoms. The predicted octanol–water partition coefficient (Wildman–Crippen LogP) is 2.05. The first-order valence-corrected chi connectivity index (χ1v) is 10.1. The van der Waals surface area contributed by atoms with Gasteiger partial charge in [-0.25, -0.2) is 4.98 Å². The highest BCUT2D eigenvalue weighted by atomic mass is 16.5. The molecule has 0 saturated carbocycles. The Morgan fingerprint density at radius 3 is 3.07 bits per heavy atom. The second kappa shape index (κ2) is 8.75. The van der Waals surface area contributed by atoms with E-state index in [2.05, 4.69) is 19.8 Å². The van der Waals surface area contributed by atoms with Crippen LogP contribution in [0.25, 0.3) is 0 Å². The summed E-state index contributed by atoms with van der Waals surface area (Å²) in [5.74, 6) is 2.20. The molecular formula is C21H28N4O3. The number of carbonyl (C=O) groups excluding carboxylic acids is 1. The number of hydrogen-bond donors (Lipinski definition) is 2. The summed E-state index contributed by atoms with van der Waals surface area (Å²) in [4.78, 5) is 18.4. The van der Waals surface area contributed by atoms with Crippen LogP contribution in [-0.2, 0) is 24.3 Å². The van der Waals surface area contributed by atoms with Gasteiger partial charge in [-0.1, -0.05) is 6.07 Å². The van der Waals surface area contributed by atoms with Crippen LogP contribution in [0.15, 0.2) is 30.6 Å². The molecule has 1 amide bonds. The summed E-state index contributed by atoms with van der Waals surface area (Å²) >= 11 is 0. The molecule has 2 aliphatic heterocycles. The molecule has 0 radical (unpaired) electrons. The lowest BCUT2D eigenvalue weighted by molar-refractivity contribution is -0.116. The highest BCUT2D eigenvalue weighted by Gasteiger charge is 2.21. The lowest BCUT2D eigenvalue weighted by atomic mass is 10.0. The van der Waals surface area contributed by atoms with Crippen molar-refractivity contribution in [2.24, 2.45) is 5.92 Å². The molecule has 3 heterocycles. The SMILES string of the molecule is O=C1CCc2ccc(OCCCCN3Cc4nccn4CC(CO)C3)cc2N1. The van der Waals surface area contributed by atoms with Gasteiger partial charge in [0, 0.05) is 56.2 Å². The van der Waals surface area contributed by atoms with Gasteiger partial charge in [-0.15, -0.1) is 0 Å². The lowest BCUT2D eigenvalue weighted by Gasteiger charge is -2.22. The molecule has 0 aliphatic carbocycles. The van der Waals surface area contributed by atoms with Gasteiger partial charge >= 0.3 is 0 Å². The zero-order chi connectivity index (χ0) is 19.3. The van der Waals surface area contributed by atoms with Gasteiger partial charge in [0.05, 0.1) is 13.2 Å². The van der Waals surface area contributed by atoms with Gasteiger partial charge in [0.15, 0.2) is 0 Å². The first-order chi connectivity index (χ1) is 13.7. The fourth-order valence-corrected chi connectivity index (χ4v) is 3.98. The summed E-state index contributed by atoms with van der Waals surface area (Å²) < 4.78 is 8.03. The van der Waals surface area contributed by atoms with E-state index in [0.29, 0.717) is 13.0 Å². The van der Waals surface area contributed by atoms with Crippen molar-refractivity contribution in [3.8, 4) is 5.75 Å². The number of imidazole rings is 1. The molecule has 1 aromatic heterocycles. The number of benzene rings is 1. The number of nitrogens with one attached hydrogen (secondary N) is 1. The van der Waals surface area contributed by atoms with Crippen molar-refractivity contribution >= 4 is 11.6 Å². The number of rotatable bonds is 7. The number of carbonyl (C=O) groups is 1. The number of nitrogens with zero attached hydrogens (tertiary/aromatic N) is 3. The Morgan fingerprint density at radius 1 is 1.25 bits per heavy atom. The smallest absolute Gasteiger partial charge is 0.224 e. The third kappa shape index (κ3) is 4.54. The summed E-state index contributed by atoms with van der Waals surface area (Å²) in [5, 5.41) is 12.5. The maximum Gasteiger partial charge on any atom is 0.224 e. The van der Waals surface area contributed by atoms with E-state index >= 15 is 0 Å². The highest BCUT2D eigenvalue weighted by molar-refractivity contribution is 5.94. The molecule has 4 rings (SSSR count). The Kier molecular flexibility index (Phi) is 5.92. The van der Waals surface area contributed by atoms with E-state index in [0.717, 1.165) is 62.7 Å². The summed E-state index contributed by atoms with van der Waals surface area (Å²) in [6.07, 6.45) is 7.17. The van der Waals surface area contributed by atoms with Crippen molar-refractivity contribution in [1.82, 2.24) is 14.5 Å². The number of ether oxygens (including phenoxy) is 1. The Morgan fingerprint density at radius 2 is 2.18 bits per heavy atom. The largest absolute Gasteiger partial charge is 0.494 e. The monoisotopic (exact) mass is 384 g/mol. The molecule has 0 bridgehead atoms. The van der Waals surface area contributed by atoms with E-state index in [-0.39, 0.29) is 18.4 Å². The second-order valence-electron chi connectivity index (χ2n) is 7.70. The van der Waals surface area contributed by atoms with Crippen LogP contribution in [0.4, 0.5) is 5.69 Å². The molecular weight excluding hydrogens is 356 g/mol. The van der Waals surface area contributed by atoms with Gasteiger partial charge in [0.1, 0.15) is 11.6 Å². The molecule has 150 valence electrons. The molecule has 1 atom stereocenters. The predicted molar refractivity (Wildman–Crippen MR) is 106 cm³/mol. The Bertz CT molecular complexity index is 820.